The average molecular weight is 477 g/mol. The molecule has 2 aromatic rings. The standard InChI is InChI=1S/C26H37FN2O3S/c1-4-5-8-24(25(30)18-33-17-23-7-6-13-32-23)28-16-22(14-19(2)3)29-26(31)15-20-9-11-21(27)12-10-20/h6-7,9-13,19,22,24,28H,4-5,8,14-18H2,1-3H3,(H,29,31). The number of halogens is 1. The van der Waals surface area contributed by atoms with Crippen molar-refractivity contribution in [2.45, 2.75) is 70.7 Å². The zero-order valence-corrected chi connectivity index (χ0v) is 20.8. The first-order chi connectivity index (χ1) is 15.9. The normalized spacial score (nSPS) is 13.1. The number of amides is 1. The second-order valence-corrected chi connectivity index (χ2v) is 9.82. The summed E-state index contributed by atoms with van der Waals surface area (Å²) in [6, 6.07) is 9.45. The predicted octanol–water partition coefficient (Wildman–Crippen LogP) is 5.14. The van der Waals surface area contributed by atoms with Crippen LogP contribution >= 0.6 is 11.8 Å². The lowest BCUT2D eigenvalue weighted by Crippen LogP contribution is -2.48. The molecule has 1 aromatic carbocycles. The van der Waals surface area contributed by atoms with Crippen LogP contribution in [0.4, 0.5) is 4.39 Å². The van der Waals surface area contributed by atoms with Crippen molar-refractivity contribution < 1.29 is 18.4 Å². The van der Waals surface area contributed by atoms with Gasteiger partial charge in [-0.05, 0) is 48.6 Å². The molecule has 0 aliphatic carbocycles. The quantitative estimate of drug-likeness (QED) is 0.351. The molecule has 0 radical (unpaired) electrons. The fourth-order valence-corrected chi connectivity index (χ4v) is 4.52. The number of furan rings is 1. The van der Waals surface area contributed by atoms with E-state index < -0.39 is 0 Å². The Bertz CT molecular complexity index is 825. The van der Waals surface area contributed by atoms with Crippen molar-refractivity contribution in [3.8, 4) is 0 Å². The minimum absolute atomic E-state index is 0.0781. The van der Waals surface area contributed by atoms with E-state index in [1.807, 2.05) is 12.1 Å². The molecule has 2 atom stereocenters. The van der Waals surface area contributed by atoms with Crippen LogP contribution in [0.15, 0.2) is 47.1 Å². The number of hydrogen-bond donors (Lipinski definition) is 2. The molecule has 1 aromatic heterocycles. The minimum atomic E-state index is -0.314. The Morgan fingerprint density at radius 3 is 2.55 bits per heavy atom. The van der Waals surface area contributed by atoms with Gasteiger partial charge in [0.2, 0.25) is 5.91 Å². The molecule has 0 saturated carbocycles. The Morgan fingerprint density at radius 2 is 1.91 bits per heavy atom. The molecule has 2 N–H and O–H groups in total. The first-order valence-electron chi connectivity index (χ1n) is 11.8. The van der Waals surface area contributed by atoms with Crippen molar-refractivity contribution in [2.75, 3.05) is 12.3 Å². The van der Waals surface area contributed by atoms with Crippen molar-refractivity contribution in [2.24, 2.45) is 5.92 Å². The van der Waals surface area contributed by atoms with E-state index in [1.165, 1.54) is 12.1 Å². The monoisotopic (exact) mass is 476 g/mol. The van der Waals surface area contributed by atoms with Gasteiger partial charge in [0.15, 0.2) is 5.78 Å². The Morgan fingerprint density at radius 1 is 1.15 bits per heavy atom. The van der Waals surface area contributed by atoms with Crippen LogP contribution in [-0.4, -0.2) is 36.1 Å². The number of unbranched alkanes of at least 4 members (excludes halogenated alkanes) is 1. The van der Waals surface area contributed by atoms with Gasteiger partial charge < -0.3 is 15.1 Å². The van der Waals surface area contributed by atoms with Gasteiger partial charge in [-0.3, -0.25) is 9.59 Å². The van der Waals surface area contributed by atoms with Crippen LogP contribution in [0.5, 0.6) is 0 Å². The van der Waals surface area contributed by atoms with Gasteiger partial charge in [-0.25, -0.2) is 4.39 Å². The summed E-state index contributed by atoms with van der Waals surface area (Å²) in [5.41, 5.74) is 0.773. The minimum Gasteiger partial charge on any atom is -0.468 e. The lowest BCUT2D eigenvalue weighted by molar-refractivity contribution is -0.121. The van der Waals surface area contributed by atoms with Crippen molar-refractivity contribution in [1.29, 1.82) is 0 Å². The van der Waals surface area contributed by atoms with E-state index in [-0.39, 0.29) is 36.0 Å². The third-order valence-electron chi connectivity index (χ3n) is 5.31. The summed E-state index contributed by atoms with van der Waals surface area (Å²) in [5, 5.41) is 6.53. The molecule has 0 aliphatic heterocycles. The van der Waals surface area contributed by atoms with Crippen molar-refractivity contribution in [3.05, 3.63) is 59.8 Å². The zero-order valence-electron chi connectivity index (χ0n) is 19.9. The highest BCUT2D eigenvalue weighted by Gasteiger charge is 2.21. The van der Waals surface area contributed by atoms with Gasteiger partial charge in [-0.1, -0.05) is 45.7 Å². The molecule has 33 heavy (non-hydrogen) atoms. The van der Waals surface area contributed by atoms with E-state index >= 15 is 0 Å². The molecular formula is C26H37FN2O3S. The number of benzene rings is 1. The number of carbonyl (C=O) groups excluding carboxylic acids is 2. The molecule has 0 saturated heterocycles. The number of Topliss-reactive ketones (excluding diaryl/α,β-unsaturated/α-hetero) is 1. The van der Waals surface area contributed by atoms with E-state index in [4.69, 9.17) is 4.42 Å². The number of hydrogen-bond acceptors (Lipinski definition) is 5. The van der Waals surface area contributed by atoms with Crippen LogP contribution in [-0.2, 0) is 21.8 Å². The summed E-state index contributed by atoms with van der Waals surface area (Å²) in [4.78, 5) is 25.5. The molecule has 1 heterocycles. The maximum atomic E-state index is 13.1. The first kappa shape index (κ1) is 27.1. The van der Waals surface area contributed by atoms with E-state index in [1.54, 1.807) is 30.2 Å². The van der Waals surface area contributed by atoms with E-state index in [0.29, 0.717) is 24.0 Å². The number of nitrogens with one attached hydrogen (secondary N) is 2. The maximum absolute atomic E-state index is 13.1. The number of thioether (sulfide) groups is 1. The highest BCUT2D eigenvalue weighted by atomic mass is 32.2. The number of ketones is 1. The second kappa shape index (κ2) is 14.9. The Labute approximate surface area is 201 Å². The molecule has 0 aliphatic rings. The zero-order chi connectivity index (χ0) is 24.1. The maximum Gasteiger partial charge on any atom is 0.224 e. The van der Waals surface area contributed by atoms with Crippen molar-refractivity contribution in [3.63, 3.8) is 0 Å². The van der Waals surface area contributed by atoms with Crippen LogP contribution in [0.2, 0.25) is 0 Å². The molecule has 7 heteroatoms. The van der Waals surface area contributed by atoms with E-state index in [9.17, 15) is 14.0 Å². The summed E-state index contributed by atoms with van der Waals surface area (Å²) in [6.45, 7) is 6.88. The Kier molecular flexibility index (Phi) is 12.3. The molecule has 182 valence electrons. The SMILES string of the molecule is CCCCC(NCC(CC(C)C)NC(=O)Cc1ccc(F)cc1)C(=O)CSCc1ccco1. The Balaban J connectivity index is 1.88. The predicted molar refractivity (Wildman–Crippen MR) is 133 cm³/mol. The number of rotatable bonds is 16. The molecule has 5 nitrogen and oxygen atoms in total. The van der Waals surface area contributed by atoms with E-state index in [2.05, 4.69) is 31.4 Å². The first-order valence-corrected chi connectivity index (χ1v) is 12.9. The molecule has 0 spiro atoms. The largest absolute Gasteiger partial charge is 0.468 e. The van der Waals surface area contributed by atoms with E-state index in [0.717, 1.165) is 37.0 Å². The molecule has 0 bridgehead atoms. The van der Waals surface area contributed by atoms with Gasteiger partial charge in [-0.2, -0.15) is 0 Å². The van der Waals surface area contributed by atoms with Gasteiger partial charge >= 0.3 is 0 Å². The molecule has 0 fully saturated rings. The smallest absolute Gasteiger partial charge is 0.224 e. The molecule has 1 amide bonds. The molecule has 2 rings (SSSR count). The lowest BCUT2D eigenvalue weighted by atomic mass is 10.0. The van der Waals surface area contributed by atoms with Gasteiger partial charge in [0.25, 0.3) is 0 Å². The highest BCUT2D eigenvalue weighted by molar-refractivity contribution is 7.99. The summed E-state index contributed by atoms with van der Waals surface area (Å²) in [6.07, 6.45) is 5.44. The van der Waals surface area contributed by atoms with Crippen LogP contribution in [0.3, 0.4) is 0 Å². The fraction of sp³-hybridized carbons (Fsp3) is 0.538. The average Bonchev–Trinajstić information content (AvgIpc) is 3.28. The van der Waals surface area contributed by atoms with Crippen LogP contribution in [0.25, 0.3) is 0 Å². The molecular weight excluding hydrogens is 439 g/mol. The van der Waals surface area contributed by atoms with Crippen molar-refractivity contribution in [1.82, 2.24) is 10.6 Å². The third-order valence-corrected chi connectivity index (χ3v) is 6.29. The summed E-state index contributed by atoms with van der Waals surface area (Å²) >= 11 is 1.56. The second-order valence-electron chi connectivity index (χ2n) is 8.84. The summed E-state index contributed by atoms with van der Waals surface area (Å²) in [5.74, 6) is 2.14. The topological polar surface area (TPSA) is 71.3 Å². The summed E-state index contributed by atoms with van der Waals surface area (Å²) < 4.78 is 18.4. The van der Waals surface area contributed by atoms with Crippen molar-refractivity contribution >= 4 is 23.5 Å². The number of carbonyl (C=O) groups is 2. The van der Waals surface area contributed by atoms with Gasteiger partial charge in [-0.15, -0.1) is 11.8 Å². The Hall–Kier alpha value is -2.12. The molecule has 2 unspecified atom stereocenters. The van der Waals surface area contributed by atoms with Crippen LogP contribution < -0.4 is 10.6 Å². The van der Waals surface area contributed by atoms with Crippen LogP contribution in [0, 0.1) is 11.7 Å². The fourth-order valence-electron chi connectivity index (χ4n) is 3.65. The van der Waals surface area contributed by atoms with Gasteiger partial charge in [0.1, 0.15) is 11.6 Å². The highest BCUT2D eigenvalue weighted by Crippen LogP contribution is 2.15. The lowest BCUT2D eigenvalue weighted by Gasteiger charge is -2.25. The van der Waals surface area contributed by atoms with Crippen LogP contribution in [0.1, 0.15) is 57.8 Å². The van der Waals surface area contributed by atoms with Gasteiger partial charge in [0, 0.05) is 12.6 Å². The third kappa shape index (κ3) is 11.0. The van der Waals surface area contributed by atoms with Gasteiger partial charge in [0.05, 0.1) is 30.2 Å². The summed E-state index contributed by atoms with van der Waals surface area (Å²) in [7, 11) is 0.